The summed E-state index contributed by atoms with van der Waals surface area (Å²) in [5, 5.41) is 36.7. The monoisotopic (exact) mass is 643 g/mol. The summed E-state index contributed by atoms with van der Waals surface area (Å²) in [5.74, 6) is -5.03. The SMILES string of the molecule is C=C/C=C(\O)C(O)(C(=O)NCC(CCCCCCCC)CCCCCCCCCC)C1CC(=O)C(C(C)(O)c2ccco2)CC1=O. The Labute approximate surface area is 277 Å². The molecule has 8 heteroatoms. The molecule has 46 heavy (non-hydrogen) atoms. The summed E-state index contributed by atoms with van der Waals surface area (Å²) in [6.07, 6.45) is 21.4. The molecule has 1 aliphatic rings. The average Bonchev–Trinajstić information content (AvgIpc) is 3.59. The zero-order chi connectivity index (χ0) is 34.0. The van der Waals surface area contributed by atoms with Crippen LogP contribution < -0.4 is 5.32 Å². The number of carbonyl (C=O) groups is 3. The van der Waals surface area contributed by atoms with Crippen molar-refractivity contribution in [2.24, 2.45) is 17.8 Å². The number of allylic oxidation sites excluding steroid dienone is 2. The molecule has 2 rings (SSSR count). The Morgan fingerprint density at radius 3 is 1.91 bits per heavy atom. The second-order valence-corrected chi connectivity index (χ2v) is 13.5. The van der Waals surface area contributed by atoms with E-state index in [1.807, 2.05) is 0 Å². The predicted octanol–water partition coefficient (Wildman–Crippen LogP) is 8.02. The van der Waals surface area contributed by atoms with Gasteiger partial charge in [-0.25, -0.2) is 0 Å². The lowest BCUT2D eigenvalue weighted by atomic mass is 9.66. The van der Waals surface area contributed by atoms with Gasteiger partial charge in [-0.05, 0) is 43.9 Å². The zero-order valence-corrected chi connectivity index (χ0v) is 28.7. The number of Topliss-reactive ketones (excluding diaryl/α,β-unsaturated/α-hetero) is 2. The summed E-state index contributed by atoms with van der Waals surface area (Å²) in [6, 6.07) is 3.11. The van der Waals surface area contributed by atoms with Crippen LogP contribution in [0.5, 0.6) is 0 Å². The van der Waals surface area contributed by atoms with Gasteiger partial charge in [-0.3, -0.25) is 14.4 Å². The number of amides is 1. The summed E-state index contributed by atoms with van der Waals surface area (Å²) in [4.78, 5) is 40.6. The maximum atomic E-state index is 13.7. The molecule has 5 atom stereocenters. The maximum Gasteiger partial charge on any atom is 0.260 e. The van der Waals surface area contributed by atoms with Crippen molar-refractivity contribution in [3.05, 3.63) is 48.6 Å². The molecule has 1 aliphatic carbocycles. The minimum atomic E-state index is -2.65. The standard InChI is InChI=1S/C38H61NO7/c1-5-8-10-12-14-15-17-19-23-29(22-18-16-13-11-9-6-2)28-39-36(43)38(45,34(42)21-7-3)31-27-32(40)30(26-33(31)41)37(4,44)35-24-20-25-46-35/h7,20-21,24-25,29-31,42,44-45H,3,5-6,8-19,22-23,26-28H2,1-2,4H3,(H,39,43)/b34-21-. The molecule has 0 aromatic carbocycles. The van der Waals surface area contributed by atoms with Gasteiger partial charge in [-0.15, -0.1) is 0 Å². The van der Waals surface area contributed by atoms with Crippen LogP contribution in [0.25, 0.3) is 0 Å². The summed E-state index contributed by atoms with van der Waals surface area (Å²) >= 11 is 0. The molecule has 0 spiro atoms. The van der Waals surface area contributed by atoms with Crippen LogP contribution in [0.3, 0.4) is 0 Å². The number of furan rings is 1. The fraction of sp³-hybridized carbons (Fsp3) is 0.711. The van der Waals surface area contributed by atoms with E-state index in [9.17, 15) is 29.7 Å². The lowest BCUT2D eigenvalue weighted by Gasteiger charge is -2.40. The predicted molar refractivity (Wildman–Crippen MR) is 182 cm³/mol. The van der Waals surface area contributed by atoms with Gasteiger partial charge in [0.2, 0.25) is 5.60 Å². The van der Waals surface area contributed by atoms with Crippen LogP contribution in [0.4, 0.5) is 0 Å². The van der Waals surface area contributed by atoms with Gasteiger partial charge in [0, 0.05) is 19.4 Å². The lowest BCUT2D eigenvalue weighted by Crippen LogP contribution is -2.59. The third kappa shape index (κ3) is 11.5. The normalized spacial score (nSPS) is 20.6. The molecular weight excluding hydrogens is 582 g/mol. The van der Waals surface area contributed by atoms with Crippen LogP contribution in [0.1, 0.15) is 142 Å². The molecule has 1 fully saturated rings. The number of hydrogen-bond donors (Lipinski definition) is 4. The van der Waals surface area contributed by atoms with E-state index in [0.717, 1.165) is 44.6 Å². The number of ketones is 2. The van der Waals surface area contributed by atoms with Crippen molar-refractivity contribution >= 4 is 17.5 Å². The Kier molecular flexibility index (Phi) is 17.6. The van der Waals surface area contributed by atoms with E-state index in [0.29, 0.717) is 6.54 Å². The van der Waals surface area contributed by atoms with Gasteiger partial charge in [-0.2, -0.15) is 0 Å². The fourth-order valence-corrected chi connectivity index (χ4v) is 6.74. The van der Waals surface area contributed by atoms with Crippen LogP contribution >= 0.6 is 0 Å². The molecule has 0 bridgehead atoms. The molecule has 1 heterocycles. The van der Waals surface area contributed by atoms with Crippen LogP contribution in [0.15, 0.2) is 47.3 Å². The number of unbranched alkanes of at least 4 members (excludes halogenated alkanes) is 12. The molecule has 0 saturated heterocycles. The van der Waals surface area contributed by atoms with E-state index in [1.54, 1.807) is 6.07 Å². The van der Waals surface area contributed by atoms with E-state index in [2.05, 4.69) is 25.7 Å². The molecule has 5 unspecified atom stereocenters. The maximum absolute atomic E-state index is 13.7. The van der Waals surface area contributed by atoms with Crippen molar-refractivity contribution in [2.75, 3.05) is 6.54 Å². The van der Waals surface area contributed by atoms with Gasteiger partial charge < -0.3 is 25.1 Å². The topological polar surface area (TPSA) is 137 Å². The third-order valence-electron chi connectivity index (χ3n) is 9.79. The molecule has 8 nitrogen and oxygen atoms in total. The molecule has 0 radical (unpaired) electrons. The number of carbonyl (C=O) groups excluding carboxylic acids is 3. The highest BCUT2D eigenvalue weighted by Gasteiger charge is 2.57. The second-order valence-electron chi connectivity index (χ2n) is 13.5. The molecule has 260 valence electrons. The Hall–Kier alpha value is -2.71. The van der Waals surface area contributed by atoms with Gasteiger partial charge in [0.15, 0.2) is 0 Å². The van der Waals surface area contributed by atoms with Gasteiger partial charge >= 0.3 is 0 Å². The number of nitrogens with one attached hydrogen (secondary N) is 1. The van der Waals surface area contributed by atoms with Crippen LogP contribution in [-0.2, 0) is 20.0 Å². The lowest BCUT2D eigenvalue weighted by molar-refractivity contribution is -0.162. The van der Waals surface area contributed by atoms with Crippen LogP contribution in [0, 0.1) is 17.8 Å². The van der Waals surface area contributed by atoms with E-state index in [4.69, 9.17) is 4.42 Å². The van der Waals surface area contributed by atoms with E-state index < -0.39 is 59.1 Å². The zero-order valence-electron chi connectivity index (χ0n) is 28.7. The van der Waals surface area contributed by atoms with Crippen molar-refractivity contribution in [2.45, 2.75) is 148 Å². The highest BCUT2D eigenvalue weighted by Crippen LogP contribution is 2.42. The minimum absolute atomic E-state index is 0.146. The number of aliphatic hydroxyl groups is 3. The molecular formula is C38H61NO7. The van der Waals surface area contributed by atoms with Gasteiger partial charge in [-0.1, -0.05) is 116 Å². The molecule has 1 saturated carbocycles. The summed E-state index contributed by atoms with van der Waals surface area (Å²) in [7, 11) is 0. The smallest absolute Gasteiger partial charge is 0.260 e. The summed E-state index contributed by atoms with van der Waals surface area (Å²) in [5.41, 5.74) is -4.40. The van der Waals surface area contributed by atoms with E-state index >= 15 is 0 Å². The van der Waals surface area contributed by atoms with Gasteiger partial charge in [0.25, 0.3) is 5.91 Å². The fourth-order valence-electron chi connectivity index (χ4n) is 6.74. The van der Waals surface area contributed by atoms with E-state index in [1.165, 1.54) is 89.5 Å². The minimum Gasteiger partial charge on any atom is -0.509 e. The Bertz CT molecular complexity index is 1090. The van der Waals surface area contributed by atoms with E-state index in [-0.39, 0.29) is 11.7 Å². The first-order valence-electron chi connectivity index (χ1n) is 17.9. The highest BCUT2D eigenvalue weighted by atomic mass is 16.4. The first-order valence-corrected chi connectivity index (χ1v) is 17.9. The molecule has 1 amide bonds. The number of rotatable bonds is 24. The Morgan fingerprint density at radius 2 is 1.41 bits per heavy atom. The van der Waals surface area contributed by atoms with Crippen molar-refractivity contribution in [3.8, 4) is 0 Å². The van der Waals surface area contributed by atoms with Crippen molar-refractivity contribution in [3.63, 3.8) is 0 Å². The largest absolute Gasteiger partial charge is 0.509 e. The molecule has 1 aromatic rings. The highest BCUT2D eigenvalue weighted by molar-refractivity contribution is 6.02. The Morgan fingerprint density at radius 1 is 0.913 bits per heavy atom. The number of aliphatic hydroxyl groups excluding tert-OH is 1. The second kappa shape index (κ2) is 20.5. The van der Waals surface area contributed by atoms with Gasteiger partial charge in [0.05, 0.1) is 18.1 Å². The molecule has 1 aromatic heterocycles. The number of hydrogen-bond acceptors (Lipinski definition) is 7. The van der Waals surface area contributed by atoms with Crippen molar-refractivity contribution in [1.82, 2.24) is 5.32 Å². The average molecular weight is 644 g/mol. The summed E-state index contributed by atoms with van der Waals surface area (Å²) in [6.45, 7) is 9.69. The van der Waals surface area contributed by atoms with Crippen molar-refractivity contribution in [1.29, 1.82) is 0 Å². The Balaban J connectivity index is 2.11. The quantitative estimate of drug-likeness (QED) is 0.0508. The molecule has 4 N–H and O–H groups in total. The first kappa shape index (κ1) is 39.5. The van der Waals surface area contributed by atoms with Gasteiger partial charge in [0.1, 0.15) is 28.7 Å². The van der Waals surface area contributed by atoms with Crippen LogP contribution in [-0.4, -0.2) is 44.9 Å². The first-order chi connectivity index (χ1) is 22.0. The third-order valence-corrected chi connectivity index (χ3v) is 9.79. The van der Waals surface area contributed by atoms with Crippen LogP contribution in [0.2, 0.25) is 0 Å². The summed E-state index contributed by atoms with van der Waals surface area (Å²) < 4.78 is 5.32. The molecule has 0 aliphatic heterocycles. The van der Waals surface area contributed by atoms with Crippen molar-refractivity contribution < 1.29 is 34.1 Å².